The number of Topliss-reactive ketones (excluding diaryl/α,β-unsaturated/α-hetero) is 1. The van der Waals surface area contributed by atoms with E-state index in [2.05, 4.69) is 4.72 Å². The number of benzene rings is 2. The maximum atomic E-state index is 12.4. The van der Waals surface area contributed by atoms with Crippen molar-refractivity contribution in [3.05, 3.63) is 64.1 Å². The summed E-state index contributed by atoms with van der Waals surface area (Å²) >= 11 is 11.6. The van der Waals surface area contributed by atoms with Crippen LogP contribution in [0.15, 0.2) is 53.4 Å². The number of anilines is 1. The van der Waals surface area contributed by atoms with Crippen LogP contribution in [0.3, 0.4) is 0 Å². The van der Waals surface area contributed by atoms with E-state index in [0.29, 0.717) is 0 Å². The van der Waals surface area contributed by atoms with Crippen molar-refractivity contribution in [3.63, 3.8) is 0 Å². The minimum absolute atomic E-state index is 0.0895. The van der Waals surface area contributed by atoms with Crippen molar-refractivity contribution in [2.75, 3.05) is 4.72 Å². The van der Waals surface area contributed by atoms with E-state index in [0.717, 1.165) is 13.0 Å². The van der Waals surface area contributed by atoms with Crippen LogP contribution in [0.4, 0.5) is 5.69 Å². The highest BCUT2D eigenvalue weighted by Crippen LogP contribution is 2.26. The van der Waals surface area contributed by atoms with Gasteiger partial charge >= 0.3 is 0 Å². The second kappa shape index (κ2) is 7.90. The van der Waals surface area contributed by atoms with Crippen molar-refractivity contribution < 1.29 is 23.1 Å². The molecule has 2 N–H and O–H groups in total. The monoisotopic (exact) mass is 413 g/mol. The number of halogens is 2. The predicted molar refractivity (Wildman–Crippen MR) is 100 cm³/mol. The van der Waals surface area contributed by atoms with Gasteiger partial charge < -0.3 is 5.11 Å². The average Bonchev–Trinajstić information content (AvgIpc) is 2.56. The maximum absolute atomic E-state index is 12.4. The molecule has 0 aromatic heterocycles. The highest BCUT2D eigenvalue weighted by molar-refractivity contribution is 7.92. The fraction of sp³-hybridized carbons (Fsp3) is 0.0588. The number of aliphatic hydroxyl groups excluding tert-OH is 1. The number of sulfonamides is 1. The van der Waals surface area contributed by atoms with Gasteiger partial charge in [-0.1, -0.05) is 35.3 Å². The van der Waals surface area contributed by atoms with E-state index in [1.54, 1.807) is 0 Å². The Labute approximate surface area is 160 Å². The number of hydrogen-bond donors (Lipinski definition) is 2. The molecule has 0 bridgehead atoms. The topological polar surface area (TPSA) is 101 Å². The van der Waals surface area contributed by atoms with Gasteiger partial charge in [-0.05, 0) is 30.3 Å². The van der Waals surface area contributed by atoms with E-state index in [1.165, 1.54) is 42.5 Å². The molecule has 0 atom stereocenters. The fourth-order valence-corrected chi connectivity index (χ4v) is 3.35. The molecule has 0 heterocycles. The molecule has 9 heteroatoms. The summed E-state index contributed by atoms with van der Waals surface area (Å²) in [6, 6.07) is 9.56. The van der Waals surface area contributed by atoms with Crippen LogP contribution in [0, 0.1) is 0 Å². The van der Waals surface area contributed by atoms with Crippen LogP contribution in [0.2, 0.25) is 10.0 Å². The lowest BCUT2D eigenvalue weighted by atomic mass is 10.1. The van der Waals surface area contributed by atoms with Crippen molar-refractivity contribution in [2.24, 2.45) is 0 Å². The number of ketones is 2. The first-order valence-corrected chi connectivity index (χ1v) is 9.38. The number of aliphatic hydroxyl groups is 1. The molecule has 2 rings (SSSR count). The molecule has 6 nitrogen and oxygen atoms in total. The van der Waals surface area contributed by atoms with E-state index >= 15 is 0 Å². The minimum atomic E-state index is -3.95. The second-order valence-corrected chi connectivity index (χ2v) is 7.71. The average molecular weight is 414 g/mol. The molecular weight excluding hydrogens is 401 g/mol. The molecule has 0 saturated heterocycles. The summed E-state index contributed by atoms with van der Waals surface area (Å²) in [7, 11) is -3.95. The van der Waals surface area contributed by atoms with E-state index in [4.69, 9.17) is 23.2 Å². The largest absolute Gasteiger partial charge is 0.507 e. The third-order valence-corrected chi connectivity index (χ3v) is 5.34. The number of nitrogens with one attached hydrogen (secondary N) is 1. The van der Waals surface area contributed by atoms with Crippen molar-refractivity contribution in [3.8, 4) is 0 Å². The Balaban J connectivity index is 2.31. The molecule has 136 valence electrons. The molecular formula is C17H13Cl2NO5S. The number of carbonyl (C=O) groups is 2. The molecule has 2 aromatic carbocycles. The first-order chi connectivity index (χ1) is 12.1. The van der Waals surface area contributed by atoms with Crippen LogP contribution in [-0.2, 0) is 19.6 Å². The van der Waals surface area contributed by atoms with E-state index in [1.807, 2.05) is 0 Å². The van der Waals surface area contributed by atoms with Crippen LogP contribution >= 0.6 is 23.2 Å². The maximum Gasteiger partial charge on any atom is 0.261 e. The lowest BCUT2D eigenvalue weighted by Gasteiger charge is -2.10. The molecule has 0 spiro atoms. The van der Waals surface area contributed by atoms with Gasteiger partial charge in [0.2, 0.25) is 5.78 Å². The van der Waals surface area contributed by atoms with Crippen molar-refractivity contribution >= 4 is 56.2 Å². The Morgan fingerprint density at radius 3 is 2.38 bits per heavy atom. The second-order valence-electron chi connectivity index (χ2n) is 5.21. The summed E-state index contributed by atoms with van der Waals surface area (Å²) in [5.74, 6) is -2.06. The lowest BCUT2D eigenvalue weighted by Crippen LogP contribution is -2.13. The van der Waals surface area contributed by atoms with Gasteiger partial charge in [0.05, 0.1) is 14.9 Å². The van der Waals surface area contributed by atoms with Gasteiger partial charge in [0.1, 0.15) is 5.76 Å². The van der Waals surface area contributed by atoms with E-state index in [-0.39, 0.29) is 26.2 Å². The molecule has 0 aliphatic carbocycles. The summed E-state index contributed by atoms with van der Waals surface area (Å²) < 4.78 is 27.2. The molecule has 0 saturated carbocycles. The molecule has 26 heavy (non-hydrogen) atoms. The Morgan fingerprint density at radius 1 is 1.08 bits per heavy atom. The highest BCUT2D eigenvalue weighted by Gasteiger charge is 2.16. The van der Waals surface area contributed by atoms with Gasteiger partial charge in [0.15, 0.2) is 5.78 Å². The van der Waals surface area contributed by atoms with Gasteiger partial charge in [-0.25, -0.2) is 8.42 Å². The normalized spacial score (nSPS) is 11.9. The number of carbonyl (C=O) groups excluding carboxylic acids is 2. The fourth-order valence-electron chi connectivity index (χ4n) is 1.91. The first-order valence-electron chi connectivity index (χ1n) is 7.14. The van der Waals surface area contributed by atoms with Gasteiger partial charge in [0.25, 0.3) is 10.0 Å². The highest BCUT2D eigenvalue weighted by atomic mass is 35.5. The van der Waals surface area contributed by atoms with Gasteiger partial charge in [-0.15, -0.1) is 0 Å². The van der Waals surface area contributed by atoms with Crippen molar-refractivity contribution in [1.29, 1.82) is 0 Å². The SMILES string of the molecule is CC(=O)C(=O)C=C(O)c1cccc(NS(=O)(=O)c2ccc(Cl)c(Cl)c2)c1. The van der Waals surface area contributed by atoms with Crippen molar-refractivity contribution in [1.82, 2.24) is 0 Å². The number of rotatable bonds is 6. The molecule has 0 fully saturated rings. The smallest absolute Gasteiger partial charge is 0.261 e. The minimum Gasteiger partial charge on any atom is -0.507 e. The quantitative estimate of drug-likeness (QED) is 0.425. The zero-order valence-electron chi connectivity index (χ0n) is 13.4. The van der Waals surface area contributed by atoms with Crippen LogP contribution < -0.4 is 4.72 Å². The van der Waals surface area contributed by atoms with Gasteiger partial charge in [0, 0.05) is 24.3 Å². The Bertz CT molecular complexity index is 1020. The molecule has 0 aliphatic heterocycles. The summed E-state index contributed by atoms with van der Waals surface area (Å²) in [6.07, 6.45) is 0.773. The summed E-state index contributed by atoms with van der Waals surface area (Å²) in [6.45, 7) is 1.08. The number of allylic oxidation sites excluding steroid dienone is 1. The molecule has 0 amide bonds. The third kappa shape index (κ3) is 4.85. The van der Waals surface area contributed by atoms with Crippen LogP contribution in [0.1, 0.15) is 12.5 Å². The molecule has 0 aliphatic rings. The Kier molecular flexibility index (Phi) is 6.07. The Morgan fingerprint density at radius 2 is 1.77 bits per heavy atom. The summed E-state index contributed by atoms with van der Waals surface area (Å²) in [4.78, 5) is 22.2. The molecule has 0 radical (unpaired) electrons. The summed E-state index contributed by atoms with van der Waals surface area (Å²) in [5, 5.41) is 10.2. The van der Waals surface area contributed by atoms with E-state index in [9.17, 15) is 23.1 Å². The van der Waals surface area contributed by atoms with Crippen LogP contribution in [0.25, 0.3) is 5.76 Å². The Hall–Kier alpha value is -2.35. The van der Waals surface area contributed by atoms with Gasteiger partial charge in [-0.2, -0.15) is 0 Å². The van der Waals surface area contributed by atoms with Crippen LogP contribution in [0.5, 0.6) is 0 Å². The molecule has 0 unspecified atom stereocenters. The summed E-state index contributed by atoms with van der Waals surface area (Å²) in [5.41, 5.74) is 0.303. The zero-order chi connectivity index (χ0) is 19.5. The predicted octanol–water partition coefficient (Wildman–Crippen LogP) is 3.85. The molecule has 2 aromatic rings. The third-order valence-electron chi connectivity index (χ3n) is 3.23. The van der Waals surface area contributed by atoms with Crippen molar-refractivity contribution in [2.45, 2.75) is 11.8 Å². The lowest BCUT2D eigenvalue weighted by molar-refractivity contribution is -0.132. The zero-order valence-corrected chi connectivity index (χ0v) is 15.7. The van der Waals surface area contributed by atoms with E-state index < -0.39 is 27.3 Å². The van der Waals surface area contributed by atoms with Crippen LogP contribution in [-0.4, -0.2) is 25.1 Å². The first kappa shape index (κ1) is 20.0. The standard InChI is InChI=1S/C17H13Cl2NO5S/c1-10(21)16(22)9-17(23)11-3-2-4-12(7-11)20-26(24,25)13-5-6-14(18)15(19)8-13/h2-9,20,23H,1H3. The van der Waals surface area contributed by atoms with Gasteiger partial charge in [-0.3, -0.25) is 14.3 Å². The number of hydrogen-bond acceptors (Lipinski definition) is 5.